The summed E-state index contributed by atoms with van der Waals surface area (Å²) in [7, 11) is -2.92. The predicted octanol–water partition coefficient (Wildman–Crippen LogP) is 0.0199. The first kappa shape index (κ1) is 10.1. The molecule has 3 rings (SSSR count). The first-order valence-corrected chi connectivity index (χ1v) is 7.38. The van der Waals surface area contributed by atoms with Crippen LogP contribution in [0.15, 0.2) is 0 Å². The van der Waals surface area contributed by atoms with Gasteiger partial charge in [0, 0.05) is 13.1 Å². The minimum atomic E-state index is -2.92. The van der Waals surface area contributed by atoms with Crippen LogP contribution in [0.3, 0.4) is 0 Å². The highest BCUT2D eigenvalue weighted by molar-refractivity contribution is 7.90. The maximum Gasteiger partial charge on any atom is 0.216 e. The zero-order valence-corrected chi connectivity index (χ0v) is 9.67. The molecule has 2 atom stereocenters. The van der Waals surface area contributed by atoms with Crippen molar-refractivity contribution in [3.05, 3.63) is 0 Å². The Hall–Kier alpha value is -0.130. The van der Waals surface area contributed by atoms with Crippen LogP contribution in [0.4, 0.5) is 0 Å². The van der Waals surface area contributed by atoms with Crippen LogP contribution in [-0.2, 0) is 10.0 Å². The van der Waals surface area contributed by atoms with Gasteiger partial charge in [0.25, 0.3) is 0 Å². The van der Waals surface area contributed by atoms with Crippen LogP contribution in [0.5, 0.6) is 0 Å². The summed E-state index contributed by atoms with van der Waals surface area (Å²) in [6, 6.07) is 0. The molecular weight excluding hydrogens is 212 g/mol. The second kappa shape index (κ2) is 3.43. The Kier molecular flexibility index (Phi) is 2.30. The van der Waals surface area contributed by atoms with Crippen molar-refractivity contribution < 1.29 is 8.42 Å². The van der Waals surface area contributed by atoms with E-state index in [1.54, 1.807) is 4.31 Å². The van der Waals surface area contributed by atoms with Gasteiger partial charge in [0.1, 0.15) is 0 Å². The standard InChI is InChI=1S/C10H18N2O2S/c13-15(14,10-1-2-10)12-4-3-8-5-11-6-9(8)7-12/h8-11H,1-7H2. The fourth-order valence-electron chi connectivity index (χ4n) is 2.81. The molecule has 1 aliphatic carbocycles. The van der Waals surface area contributed by atoms with Crippen molar-refractivity contribution in [1.29, 1.82) is 0 Å². The minimum Gasteiger partial charge on any atom is -0.316 e. The maximum absolute atomic E-state index is 12.0. The lowest BCUT2D eigenvalue weighted by molar-refractivity contribution is 0.227. The van der Waals surface area contributed by atoms with Crippen LogP contribution in [0, 0.1) is 11.8 Å². The summed E-state index contributed by atoms with van der Waals surface area (Å²) in [5, 5.41) is 3.32. The number of rotatable bonds is 2. The summed E-state index contributed by atoms with van der Waals surface area (Å²) < 4.78 is 25.8. The molecule has 1 saturated carbocycles. The summed E-state index contributed by atoms with van der Waals surface area (Å²) in [5.74, 6) is 1.28. The second-order valence-corrected chi connectivity index (χ2v) is 7.28. The SMILES string of the molecule is O=S(=O)(C1CC1)N1CCC2CNCC2C1. The number of sulfonamides is 1. The van der Waals surface area contributed by atoms with Crippen molar-refractivity contribution in [2.75, 3.05) is 26.2 Å². The van der Waals surface area contributed by atoms with Gasteiger partial charge >= 0.3 is 0 Å². The van der Waals surface area contributed by atoms with Crippen LogP contribution in [0.1, 0.15) is 19.3 Å². The van der Waals surface area contributed by atoms with E-state index >= 15 is 0 Å². The fourth-order valence-corrected chi connectivity index (χ4v) is 4.72. The van der Waals surface area contributed by atoms with Gasteiger partial charge in [-0.3, -0.25) is 0 Å². The molecule has 0 aromatic heterocycles. The van der Waals surface area contributed by atoms with Gasteiger partial charge in [-0.1, -0.05) is 0 Å². The molecule has 0 radical (unpaired) electrons. The molecule has 4 nitrogen and oxygen atoms in total. The number of nitrogens with zero attached hydrogens (tertiary/aromatic N) is 1. The highest BCUT2D eigenvalue weighted by atomic mass is 32.2. The minimum absolute atomic E-state index is 0.0385. The van der Waals surface area contributed by atoms with Crippen LogP contribution >= 0.6 is 0 Å². The predicted molar refractivity (Wildman–Crippen MR) is 58.0 cm³/mol. The van der Waals surface area contributed by atoms with Crippen molar-refractivity contribution in [3.8, 4) is 0 Å². The van der Waals surface area contributed by atoms with Gasteiger partial charge in [0.05, 0.1) is 5.25 Å². The number of fused-ring (bicyclic) bond motifs is 1. The van der Waals surface area contributed by atoms with Gasteiger partial charge in [0.15, 0.2) is 0 Å². The maximum atomic E-state index is 12.0. The summed E-state index contributed by atoms with van der Waals surface area (Å²) in [5.41, 5.74) is 0. The Balaban J connectivity index is 1.73. The molecule has 5 heteroatoms. The van der Waals surface area contributed by atoms with Crippen LogP contribution in [-0.4, -0.2) is 44.2 Å². The van der Waals surface area contributed by atoms with E-state index in [1.807, 2.05) is 0 Å². The van der Waals surface area contributed by atoms with E-state index in [0.29, 0.717) is 5.92 Å². The third-order valence-corrected chi connectivity index (χ3v) is 6.34. The molecule has 2 saturated heterocycles. The lowest BCUT2D eigenvalue weighted by Gasteiger charge is -2.33. The second-order valence-electron chi connectivity index (χ2n) is 5.07. The average Bonchev–Trinajstić information content (AvgIpc) is 2.97. The molecule has 2 heterocycles. The van der Waals surface area contributed by atoms with Gasteiger partial charge in [-0.2, -0.15) is 0 Å². The molecule has 86 valence electrons. The van der Waals surface area contributed by atoms with E-state index in [-0.39, 0.29) is 5.25 Å². The molecule has 3 aliphatic rings. The van der Waals surface area contributed by atoms with Gasteiger partial charge in [-0.05, 0) is 44.2 Å². The summed E-state index contributed by atoms with van der Waals surface area (Å²) >= 11 is 0. The Morgan fingerprint density at radius 1 is 1.07 bits per heavy atom. The van der Waals surface area contributed by atoms with E-state index in [1.165, 1.54) is 0 Å². The number of hydrogen-bond donors (Lipinski definition) is 1. The van der Waals surface area contributed by atoms with Gasteiger partial charge < -0.3 is 5.32 Å². The Morgan fingerprint density at radius 2 is 1.80 bits per heavy atom. The third-order valence-electron chi connectivity index (χ3n) is 3.97. The lowest BCUT2D eigenvalue weighted by atomic mass is 9.90. The molecule has 0 aromatic carbocycles. The third kappa shape index (κ3) is 1.70. The van der Waals surface area contributed by atoms with Crippen LogP contribution < -0.4 is 5.32 Å². The highest BCUT2D eigenvalue weighted by Gasteiger charge is 2.44. The first-order valence-electron chi connectivity index (χ1n) is 5.87. The van der Waals surface area contributed by atoms with E-state index in [2.05, 4.69) is 5.32 Å². The van der Waals surface area contributed by atoms with Gasteiger partial charge in [0.2, 0.25) is 10.0 Å². The van der Waals surface area contributed by atoms with E-state index in [0.717, 1.165) is 51.4 Å². The molecule has 0 bridgehead atoms. The molecule has 2 unspecified atom stereocenters. The smallest absolute Gasteiger partial charge is 0.216 e. The van der Waals surface area contributed by atoms with Crippen molar-refractivity contribution in [2.45, 2.75) is 24.5 Å². The molecule has 3 fully saturated rings. The molecule has 0 aromatic rings. The van der Waals surface area contributed by atoms with Crippen molar-refractivity contribution >= 4 is 10.0 Å². The summed E-state index contributed by atoms with van der Waals surface area (Å²) in [4.78, 5) is 0. The number of nitrogens with one attached hydrogen (secondary N) is 1. The van der Waals surface area contributed by atoms with Gasteiger partial charge in [-0.25, -0.2) is 12.7 Å². The van der Waals surface area contributed by atoms with Crippen LogP contribution in [0.25, 0.3) is 0 Å². The van der Waals surface area contributed by atoms with E-state index < -0.39 is 10.0 Å². The molecule has 15 heavy (non-hydrogen) atoms. The molecule has 2 aliphatic heterocycles. The Labute approximate surface area is 91.1 Å². The highest BCUT2D eigenvalue weighted by Crippen LogP contribution is 2.35. The molecule has 0 spiro atoms. The quantitative estimate of drug-likeness (QED) is 0.727. The normalized spacial score (nSPS) is 37.9. The Bertz CT molecular complexity index is 350. The molecule has 0 amide bonds. The fraction of sp³-hybridized carbons (Fsp3) is 1.00. The summed E-state index contributed by atoms with van der Waals surface area (Å²) in [6.07, 6.45) is 2.81. The van der Waals surface area contributed by atoms with Crippen molar-refractivity contribution in [1.82, 2.24) is 9.62 Å². The number of piperidine rings is 1. The van der Waals surface area contributed by atoms with Crippen molar-refractivity contribution in [2.24, 2.45) is 11.8 Å². The molecule has 1 N–H and O–H groups in total. The lowest BCUT2D eigenvalue weighted by Crippen LogP contribution is -2.44. The van der Waals surface area contributed by atoms with Gasteiger partial charge in [-0.15, -0.1) is 0 Å². The van der Waals surface area contributed by atoms with E-state index in [9.17, 15) is 8.42 Å². The topological polar surface area (TPSA) is 49.4 Å². The Morgan fingerprint density at radius 3 is 2.53 bits per heavy atom. The largest absolute Gasteiger partial charge is 0.316 e. The first-order chi connectivity index (χ1) is 7.18. The average molecular weight is 230 g/mol. The molecular formula is C10H18N2O2S. The van der Waals surface area contributed by atoms with E-state index in [4.69, 9.17) is 0 Å². The zero-order valence-electron chi connectivity index (χ0n) is 8.85. The van der Waals surface area contributed by atoms with Crippen molar-refractivity contribution in [3.63, 3.8) is 0 Å². The summed E-state index contributed by atoms with van der Waals surface area (Å²) in [6.45, 7) is 3.60. The zero-order chi connectivity index (χ0) is 10.5. The number of hydrogen-bond acceptors (Lipinski definition) is 3. The monoisotopic (exact) mass is 230 g/mol. The van der Waals surface area contributed by atoms with Crippen LogP contribution in [0.2, 0.25) is 0 Å².